The number of halogens is 1. The predicted molar refractivity (Wildman–Crippen MR) is 138 cm³/mol. The summed E-state index contributed by atoms with van der Waals surface area (Å²) in [4.78, 5) is 29.6. The first kappa shape index (κ1) is 23.7. The fraction of sp³-hybridized carbons (Fsp3) is 0.207. The van der Waals surface area contributed by atoms with E-state index in [0.29, 0.717) is 16.3 Å². The lowest BCUT2D eigenvalue weighted by molar-refractivity contribution is -0.154. The minimum absolute atomic E-state index is 0.121. The maximum Gasteiger partial charge on any atom is 0.329 e. The van der Waals surface area contributed by atoms with Crippen molar-refractivity contribution in [3.05, 3.63) is 107 Å². The average Bonchev–Trinajstić information content (AvgIpc) is 3.22. The molecule has 2 heterocycles. The van der Waals surface area contributed by atoms with Crippen molar-refractivity contribution in [1.82, 2.24) is 4.90 Å². The first-order valence-electron chi connectivity index (χ1n) is 11.8. The van der Waals surface area contributed by atoms with Crippen molar-refractivity contribution in [2.24, 2.45) is 5.41 Å². The van der Waals surface area contributed by atoms with Gasteiger partial charge in [-0.05, 0) is 54.0 Å². The summed E-state index contributed by atoms with van der Waals surface area (Å²) in [5.41, 5.74) is 1.31. The molecule has 0 radical (unpaired) electrons. The van der Waals surface area contributed by atoms with Crippen LogP contribution in [0.3, 0.4) is 0 Å². The van der Waals surface area contributed by atoms with Gasteiger partial charge in [-0.2, -0.15) is 5.26 Å². The third-order valence-electron chi connectivity index (χ3n) is 6.91. The van der Waals surface area contributed by atoms with Gasteiger partial charge in [0.2, 0.25) is 5.91 Å². The number of esters is 1. The monoisotopic (exact) mass is 497 g/mol. The summed E-state index contributed by atoms with van der Waals surface area (Å²) in [6.07, 6.45) is 3.72. The molecule has 1 fully saturated rings. The van der Waals surface area contributed by atoms with E-state index in [0.717, 1.165) is 11.1 Å². The summed E-state index contributed by atoms with van der Waals surface area (Å²) in [7, 11) is 0. The predicted octanol–water partition coefficient (Wildman–Crippen LogP) is 5.55. The Labute approximate surface area is 214 Å². The van der Waals surface area contributed by atoms with E-state index in [9.17, 15) is 14.9 Å². The zero-order chi connectivity index (χ0) is 25.3. The zero-order valence-corrected chi connectivity index (χ0v) is 20.4. The van der Waals surface area contributed by atoms with Crippen molar-refractivity contribution in [3.8, 4) is 6.07 Å². The van der Waals surface area contributed by atoms with Crippen molar-refractivity contribution >= 4 is 35.2 Å². The van der Waals surface area contributed by atoms with E-state index in [-0.39, 0.29) is 12.5 Å². The molecule has 7 heteroatoms. The van der Waals surface area contributed by atoms with E-state index in [1.165, 1.54) is 0 Å². The Balaban J connectivity index is 1.72. The van der Waals surface area contributed by atoms with Crippen LogP contribution in [-0.2, 0) is 14.3 Å². The highest BCUT2D eigenvalue weighted by atomic mass is 35.5. The number of amides is 1. The molecule has 0 aromatic heterocycles. The molecule has 5 rings (SSSR count). The Bertz CT molecular complexity index is 1370. The number of fused-ring (bicyclic) bond motifs is 3. The van der Waals surface area contributed by atoms with Crippen LogP contribution >= 0.6 is 11.6 Å². The number of hydrogen-bond acceptors (Lipinski definition) is 5. The van der Waals surface area contributed by atoms with Crippen molar-refractivity contribution in [2.75, 3.05) is 11.9 Å². The van der Waals surface area contributed by atoms with Crippen LogP contribution in [-0.4, -0.2) is 29.4 Å². The number of nitriles is 1. The molecule has 1 N–H and O–H groups in total. The molecule has 3 aromatic carbocycles. The Kier molecular flexibility index (Phi) is 6.26. The molecule has 1 amide bonds. The highest BCUT2D eigenvalue weighted by Gasteiger charge is 2.67. The molecule has 36 heavy (non-hydrogen) atoms. The van der Waals surface area contributed by atoms with Crippen LogP contribution in [0.5, 0.6) is 0 Å². The fourth-order valence-electron chi connectivity index (χ4n) is 5.46. The van der Waals surface area contributed by atoms with E-state index < -0.39 is 29.4 Å². The molecule has 0 bridgehead atoms. The van der Waals surface area contributed by atoms with Gasteiger partial charge in [-0.3, -0.25) is 9.59 Å². The molecule has 6 nitrogen and oxygen atoms in total. The number of carbonyl (C=O) groups excluding carboxylic acids is 2. The van der Waals surface area contributed by atoms with Crippen LogP contribution in [0.4, 0.5) is 5.69 Å². The van der Waals surface area contributed by atoms with Gasteiger partial charge >= 0.3 is 5.97 Å². The second-order valence-corrected chi connectivity index (χ2v) is 9.26. The van der Waals surface area contributed by atoms with Gasteiger partial charge in [-0.15, -0.1) is 0 Å². The number of hydrogen-bond donors (Lipinski definition) is 1. The van der Waals surface area contributed by atoms with Crippen molar-refractivity contribution in [3.63, 3.8) is 0 Å². The standard InChI is InChI=1S/C29H24ClN3O3/c1-2-36-28(35)29(18-31)24(20-9-4-3-5-10-20)25(27(34)32-22-14-12-21(30)13-15-22)33-17-16-19-8-6-7-11-23(19)26(29)33/h3-17,24-26H,2H2,1H3,(H,32,34)/t24-,25+,26?,29-/m1/s1. The molecule has 1 unspecified atom stereocenters. The van der Waals surface area contributed by atoms with Crippen LogP contribution < -0.4 is 5.32 Å². The van der Waals surface area contributed by atoms with Gasteiger partial charge < -0.3 is 15.0 Å². The number of carbonyl (C=O) groups is 2. The van der Waals surface area contributed by atoms with Gasteiger partial charge in [-0.1, -0.05) is 66.2 Å². The van der Waals surface area contributed by atoms with E-state index in [2.05, 4.69) is 11.4 Å². The largest absolute Gasteiger partial charge is 0.465 e. The zero-order valence-electron chi connectivity index (χ0n) is 19.6. The van der Waals surface area contributed by atoms with Gasteiger partial charge in [0.05, 0.1) is 18.7 Å². The van der Waals surface area contributed by atoms with Crippen LogP contribution in [0.25, 0.3) is 6.08 Å². The fourth-order valence-corrected chi connectivity index (χ4v) is 5.58. The minimum atomic E-state index is -1.67. The van der Waals surface area contributed by atoms with Crippen LogP contribution in [0.1, 0.15) is 35.6 Å². The van der Waals surface area contributed by atoms with E-state index in [1.54, 1.807) is 31.2 Å². The Morgan fingerprint density at radius 3 is 2.44 bits per heavy atom. The third kappa shape index (κ3) is 3.73. The minimum Gasteiger partial charge on any atom is -0.465 e. The van der Waals surface area contributed by atoms with Gasteiger partial charge in [0.1, 0.15) is 6.04 Å². The molecule has 0 saturated carbocycles. The molecule has 0 aliphatic carbocycles. The lowest BCUT2D eigenvalue weighted by atomic mass is 9.67. The molecular weight excluding hydrogens is 474 g/mol. The Morgan fingerprint density at radius 2 is 1.75 bits per heavy atom. The van der Waals surface area contributed by atoms with Crippen molar-refractivity contribution < 1.29 is 14.3 Å². The lowest BCUT2D eigenvalue weighted by Crippen LogP contribution is -2.42. The number of anilines is 1. The molecular formula is C29H24ClN3O3. The molecule has 1 saturated heterocycles. The number of rotatable bonds is 5. The van der Waals surface area contributed by atoms with Gasteiger partial charge in [0.15, 0.2) is 5.41 Å². The second-order valence-electron chi connectivity index (χ2n) is 8.83. The quantitative estimate of drug-likeness (QED) is 0.467. The maximum atomic E-state index is 14.0. The number of nitrogens with one attached hydrogen (secondary N) is 1. The molecule has 2 aliphatic heterocycles. The van der Waals surface area contributed by atoms with Crippen LogP contribution in [0, 0.1) is 16.7 Å². The topological polar surface area (TPSA) is 82.4 Å². The molecule has 0 spiro atoms. The molecule has 2 aliphatic rings. The summed E-state index contributed by atoms with van der Waals surface area (Å²) >= 11 is 6.02. The molecule has 3 aromatic rings. The van der Waals surface area contributed by atoms with Crippen molar-refractivity contribution in [2.45, 2.75) is 24.9 Å². The summed E-state index contributed by atoms with van der Waals surface area (Å²) in [5, 5.41) is 14.3. The summed E-state index contributed by atoms with van der Waals surface area (Å²) in [6.45, 7) is 1.84. The maximum absolute atomic E-state index is 14.0. The van der Waals surface area contributed by atoms with Gasteiger partial charge in [-0.25, -0.2) is 0 Å². The first-order chi connectivity index (χ1) is 17.5. The first-order valence-corrected chi connectivity index (χ1v) is 12.1. The van der Waals surface area contributed by atoms with E-state index in [4.69, 9.17) is 16.3 Å². The Hall–Kier alpha value is -4.08. The molecule has 180 valence electrons. The SMILES string of the molecule is CCOC(=O)[C@@]1(C#N)C2c3ccccc3C=CN2[C@H](C(=O)Nc2ccc(Cl)cc2)[C@H]1c1ccccc1. The highest BCUT2D eigenvalue weighted by molar-refractivity contribution is 6.30. The van der Waals surface area contributed by atoms with E-state index >= 15 is 0 Å². The average molecular weight is 498 g/mol. The molecule has 4 atom stereocenters. The summed E-state index contributed by atoms with van der Waals surface area (Å²) in [6, 6.07) is 24.5. The lowest BCUT2D eigenvalue weighted by Gasteiger charge is -2.36. The van der Waals surface area contributed by atoms with Gasteiger partial charge in [0.25, 0.3) is 0 Å². The van der Waals surface area contributed by atoms with Gasteiger partial charge in [0, 0.05) is 22.8 Å². The number of nitrogens with zero attached hydrogens (tertiary/aromatic N) is 2. The highest BCUT2D eigenvalue weighted by Crippen LogP contribution is 2.60. The summed E-state index contributed by atoms with van der Waals surface area (Å²) in [5.74, 6) is -1.76. The number of benzene rings is 3. The summed E-state index contributed by atoms with van der Waals surface area (Å²) < 4.78 is 5.54. The smallest absolute Gasteiger partial charge is 0.329 e. The normalized spacial score (nSPS) is 23.8. The van der Waals surface area contributed by atoms with E-state index in [1.807, 2.05) is 71.8 Å². The number of ether oxygens (including phenoxy) is 1. The second kappa shape index (κ2) is 9.52. The third-order valence-corrected chi connectivity index (χ3v) is 7.16. The van der Waals surface area contributed by atoms with Crippen LogP contribution in [0.2, 0.25) is 5.02 Å². The Morgan fingerprint density at radius 1 is 1.06 bits per heavy atom. The van der Waals surface area contributed by atoms with Crippen LogP contribution in [0.15, 0.2) is 85.1 Å². The van der Waals surface area contributed by atoms with Crippen molar-refractivity contribution in [1.29, 1.82) is 5.26 Å².